The number of nitrogens with zero attached hydrogens (tertiary/aromatic N) is 2. The Morgan fingerprint density at radius 3 is 2.75 bits per heavy atom. The molecule has 128 valence electrons. The molecule has 0 radical (unpaired) electrons. The molecule has 0 saturated carbocycles. The molecule has 0 aliphatic carbocycles. The van der Waals surface area contributed by atoms with Gasteiger partial charge < -0.3 is 9.88 Å². The molecule has 1 saturated heterocycles. The van der Waals surface area contributed by atoms with Gasteiger partial charge in [-0.3, -0.25) is 4.79 Å². The highest BCUT2D eigenvalue weighted by Gasteiger charge is 2.31. The number of benzene rings is 1. The van der Waals surface area contributed by atoms with Gasteiger partial charge in [0.25, 0.3) is 5.91 Å². The van der Waals surface area contributed by atoms with Crippen LogP contribution in [0.3, 0.4) is 0 Å². The molecule has 1 aromatic carbocycles. The van der Waals surface area contributed by atoms with Crippen molar-refractivity contribution in [1.82, 2.24) is 14.9 Å². The summed E-state index contributed by atoms with van der Waals surface area (Å²) in [5.41, 5.74) is 1.99. The number of hydrogen-bond acceptors (Lipinski definition) is 4. The third-order valence-electron chi connectivity index (χ3n) is 4.18. The van der Waals surface area contributed by atoms with Crippen LogP contribution in [0.5, 0.6) is 0 Å². The minimum Gasteiger partial charge on any atom is -0.341 e. The van der Waals surface area contributed by atoms with Crippen molar-refractivity contribution in [1.29, 1.82) is 0 Å². The maximum Gasteiger partial charge on any atom is 0.274 e. The van der Waals surface area contributed by atoms with Crippen molar-refractivity contribution >= 4 is 15.9 Å². The van der Waals surface area contributed by atoms with E-state index in [4.69, 9.17) is 5.14 Å². The van der Waals surface area contributed by atoms with Gasteiger partial charge in [0.1, 0.15) is 11.5 Å². The second kappa shape index (κ2) is 6.37. The zero-order chi connectivity index (χ0) is 17.3. The first-order valence-electron chi connectivity index (χ1n) is 7.75. The van der Waals surface area contributed by atoms with Crippen LogP contribution in [-0.4, -0.2) is 48.0 Å². The minimum absolute atomic E-state index is 0.0917. The number of hydrogen-bond donors (Lipinski definition) is 2. The zero-order valence-electron chi connectivity index (χ0n) is 13.4. The number of aromatic nitrogens is 2. The predicted molar refractivity (Wildman–Crippen MR) is 90.7 cm³/mol. The van der Waals surface area contributed by atoms with E-state index in [1.807, 2.05) is 37.3 Å². The lowest BCUT2D eigenvalue weighted by Crippen LogP contribution is -2.31. The fourth-order valence-electron chi connectivity index (χ4n) is 3.03. The molecule has 3 N–H and O–H groups in total. The Hall–Kier alpha value is -2.19. The third kappa shape index (κ3) is 3.65. The molecular formula is C16H20N4O3S. The molecule has 2 aromatic rings. The molecule has 3 rings (SSSR count). The summed E-state index contributed by atoms with van der Waals surface area (Å²) in [4.78, 5) is 21.9. The van der Waals surface area contributed by atoms with Gasteiger partial charge in [0.15, 0.2) is 0 Å². The summed E-state index contributed by atoms with van der Waals surface area (Å²) in [5.74, 6) is 0.266. The lowest BCUT2D eigenvalue weighted by Gasteiger charge is -2.15. The van der Waals surface area contributed by atoms with Crippen LogP contribution >= 0.6 is 0 Å². The monoisotopic (exact) mass is 348 g/mol. The topological polar surface area (TPSA) is 109 Å². The van der Waals surface area contributed by atoms with E-state index >= 15 is 0 Å². The van der Waals surface area contributed by atoms with Crippen LogP contribution in [0.1, 0.15) is 22.6 Å². The van der Waals surface area contributed by atoms with Crippen LogP contribution in [0.4, 0.5) is 0 Å². The summed E-state index contributed by atoms with van der Waals surface area (Å²) in [5, 5.41) is 5.09. The fourth-order valence-corrected chi connectivity index (χ4v) is 3.96. The number of aromatic amines is 1. The molecule has 0 bridgehead atoms. The number of carbonyl (C=O) groups is 1. The zero-order valence-corrected chi connectivity index (χ0v) is 14.2. The molecule has 1 aromatic heterocycles. The molecule has 1 atom stereocenters. The number of rotatable bonds is 4. The quantitative estimate of drug-likeness (QED) is 0.863. The molecule has 1 aliphatic heterocycles. The molecule has 7 nitrogen and oxygen atoms in total. The van der Waals surface area contributed by atoms with E-state index in [9.17, 15) is 13.2 Å². The Morgan fingerprint density at radius 2 is 2.08 bits per heavy atom. The van der Waals surface area contributed by atoms with Crippen molar-refractivity contribution in [3.63, 3.8) is 0 Å². The van der Waals surface area contributed by atoms with E-state index < -0.39 is 10.0 Å². The van der Waals surface area contributed by atoms with Gasteiger partial charge in [-0.2, -0.15) is 0 Å². The molecule has 1 amide bonds. The van der Waals surface area contributed by atoms with Crippen LogP contribution in [0.15, 0.2) is 30.3 Å². The second-order valence-electron chi connectivity index (χ2n) is 6.16. The van der Waals surface area contributed by atoms with Gasteiger partial charge in [-0.25, -0.2) is 18.5 Å². The number of imidazole rings is 1. The number of nitrogens with one attached hydrogen (secondary N) is 1. The fraction of sp³-hybridized carbons (Fsp3) is 0.375. The van der Waals surface area contributed by atoms with Gasteiger partial charge >= 0.3 is 0 Å². The van der Waals surface area contributed by atoms with Gasteiger partial charge in [0.05, 0.1) is 5.75 Å². The first kappa shape index (κ1) is 16.7. The average Bonchev–Trinajstić information content (AvgIpc) is 3.13. The lowest BCUT2D eigenvalue weighted by atomic mass is 10.2. The molecule has 0 spiro atoms. The predicted octanol–water partition coefficient (Wildman–Crippen LogP) is 1.14. The van der Waals surface area contributed by atoms with Crippen molar-refractivity contribution in [2.24, 2.45) is 11.1 Å². The van der Waals surface area contributed by atoms with E-state index in [1.54, 1.807) is 4.90 Å². The van der Waals surface area contributed by atoms with Crippen LogP contribution in [0.25, 0.3) is 11.4 Å². The van der Waals surface area contributed by atoms with E-state index in [0.717, 1.165) is 5.56 Å². The van der Waals surface area contributed by atoms with E-state index in [1.165, 1.54) is 0 Å². The summed E-state index contributed by atoms with van der Waals surface area (Å²) in [6.45, 7) is 2.72. The number of carbonyl (C=O) groups excluding carboxylic acids is 1. The Balaban J connectivity index is 1.76. The summed E-state index contributed by atoms with van der Waals surface area (Å²) in [7, 11) is -3.52. The number of sulfonamides is 1. The highest BCUT2D eigenvalue weighted by atomic mass is 32.2. The third-order valence-corrected chi connectivity index (χ3v) is 5.11. The van der Waals surface area contributed by atoms with Crippen LogP contribution in [0, 0.1) is 12.8 Å². The number of H-pyrrole nitrogens is 1. The van der Waals surface area contributed by atoms with E-state index in [0.29, 0.717) is 36.7 Å². The molecule has 2 heterocycles. The maximum atomic E-state index is 12.7. The second-order valence-corrected chi connectivity index (χ2v) is 7.82. The van der Waals surface area contributed by atoms with Crippen molar-refractivity contribution in [2.75, 3.05) is 18.8 Å². The van der Waals surface area contributed by atoms with Gasteiger partial charge in [0, 0.05) is 24.3 Å². The highest BCUT2D eigenvalue weighted by molar-refractivity contribution is 7.89. The first-order valence-corrected chi connectivity index (χ1v) is 9.47. The lowest BCUT2D eigenvalue weighted by molar-refractivity contribution is 0.0782. The Labute approximate surface area is 140 Å². The van der Waals surface area contributed by atoms with E-state index in [-0.39, 0.29) is 17.6 Å². The van der Waals surface area contributed by atoms with Gasteiger partial charge in [-0.15, -0.1) is 0 Å². The van der Waals surface area contributed by atoms with Crippen molar-refractivity contribution in [3.8, 4) is 11.4 Å². The van der Waals surface area contributed by atoms with Crippen LogP contribution < -0.4 is 5.14 Å². The first-order chi connectivity index (χ1) is 11.3. The Morgan fingerprint density at radius 1 is 1.38 bits per heavy atom. The number of primary sulfonamides is 1. The highest BCUT2D eigenvalue weighted by Crippen LogP contribution is 2.22. The van der Waals surface area contributed by atoms with Crippen LogP contribution in [0.2, 0.25) is 0 Å². The standard InChI is InChI=1S/C16H20N4O3S/c1-11-14(19-15(18-11)13-5-3-2-4-6-13)16(21)20-8-7-12(9-20)10-24(17,22)23/h2-6,12H,7-10H2,1H3,(H,18,19)(H2,17,22,23)/t12-/m1/s1. The summed E-state index contributed by atoms with van der Waals surface area (Å²) in [6, 6.07) is 9.58. The molecular weight excluding hydrogens is 328 g/mol. The largest absolute Gasteiger partial charge is 0.341 e. The SMILES string of the molecule is Cc1[nH]c(-c2ccccc2)nc1C(=O)N1CC[C@@H](CS(N)(=O)=O)C1. The molecule has 1 fully saturated rings. The van der Waals surface area contributed by atoms with Crippen molar-refractivity contribution < 1.29 is 13.2 Å². The van der Waals surface area contributed by atoms with Crippen molar-refractivity contribution in [2.45, 2.75) is 13.3 Å². The number of aryl methyl sites for hydroxylation is 1. The summed E-state index contributed by atoms with van der Waals surface area (Å²) < 4.78 is 22.4. The molecule has 24 heavy (non-hydrogen) atoms. The van der Waals surface area contributed by atoms with Gasteiger partial charge in [-0.1, -0.05) is 30.3 Å². The minimum atomic E-state index is -3.52. The summed E-state index contributed by atoms with van der Waals surface area (Å²) >= 11 is 0. The van der Waals surface area contributed by atoms with Gasteiger partial charge in [0.2, 0.25) is 10.0 Å². The average molecular weight is 348 g/mol. The van der Waals surface area contributed by atoms with Gasteiger partial charge in [-0.05, 0) is 19.3 Å². The normalized spacial score (nSPS) is 18.1. The molecule has 0 unspecified atom stereocenters. The summed E-state index contributed by atoms with van der Waals surface area (Å²) in [6.07, 6.45) is 0.636. The smallest absolute Gasteiger partial charge is 0.274 e. The number of amides is 1. The van der Waals surface area contributed by atoms with Crippen LogP contribution in [-0.2, 0) is 10.0 Å². The Bertz CT molecular complexity index is 845. The molecule has 1 aliphatic rings. The van der Waals surface area contributed by atoms with E-state index in [2.05, 4.69) is 9.97 Å². The molecule has 8 heteroatoms. The number of nitrogens with two attached hydrogens (primary N) is 1. The maximum absolute atomic E-state index is 12.7. The Kier molecular flexibility index (Phi) is 4.42. The number of likely N-dealkylation sites (tertiary alicyclic amines) is 1. The van der Waals surface area contributed by atoms with Crippen molar-refractivity contribution in [3.05, 3.63) is 41.7 Å².